The molecule has 7 nitrogen and oxygen atoms in total. The number of rotatable bonds is 2. The van der Waals surface area contributed by atoms with Crippen molar-refractivity contribution in [3.05, 3.63) is 11.6 Å². The molecule has 0 atom stereocenters. The monoisotopic (exact) mass is 293 g/mol. The number of aromatic nitrogens is 3. The second kappa shape index (κ2) is 5.83. The van der Waals surface area contributed by atoms with Gasteiger partial charge >= 0.3 is 0 Å². The van der Waals surface area contributed by atoms with Crippen molar-refractivity contribution in [1.29, 1.82) is 0 Å². The molecule has 2 amide bonds. The van der Waals surface area contributed by atoms with E-state index in [2.05, 4.69) is 20.5 Å². The van der Waals surface area contributed by atoms with E-state index >= 15 is 0 Å². The molecule has 0 spiro atoms. The SMILES string of the molecule is CC(=O)N1CCC(NC(=O)c2n[nH]c(C(C)(C)C)n2)CC1. The van der Waals surface area contributed by atoms with Crippen LogP contribution in [-0.4, -0.2) is 51.0 Å². The van der Waals surface area contributed by atoms with Gasteiger partial charge < -0.3 is 10.2 Å². The molecule has 7 heteroatoms. The number of nitrogens with zero attached hydrogens (tertiary/aromatic N) is 3. The molecule has 1 aromatic heterocycles. The Labute approximate surface area is 124 Å². The smallest absolute Gasteiger partial charge is 0.291 e. The molecule has 2 N–H and O–H groups in total. The Hall–Kier alpha value is -1.92. The van der Waals surface area contributed by atoms with Crippen LogP contribution < -0.4 is 5.32 Å². The molecule has 1 aromatic rings. The summed E-state index contributed by atoms with van der Waals surface area (Å²) in [5.41, 5.74) is -0.168. The molecular formula is C14H23N5O2. The van der Waals surface area contributed by atoms with Gasteiger partial charge in [-0.1, -0.05) is 20.8 Å². The van der Waals surface area contributed by atoms with Gasteiger partial charge in [-0.3, -0.25) is 14.7 Å². The third-order valence-corrected chi connectivity index (χ3v) is 3.67. The van der Waals surface area contributed by atoms with Crippen molar-refractivity contribution in [2.75, 3.05) is 13.1 Å². The Morgan fingerprint density at radius 1 is 1.29 bits per heavy atom. The zero-order valence-electron chi connectivity index (χ0n) is 13.1. The van der Waals surface area contributed by atoms with Crippen LogP contribution in [0.3, 0.4) is 0 Å². The summed E-state index contributed by atoms with van der Waals surface area (Å²) in [7, 11) is 0. The van der Waals surface area contributed by atoms with E-state index in [1.807, 2.05) is 20.8 Å². The standard InChI is InChI=1S/C14H23N5O2/c1-9(20)19-7-5-10(6-8-19)15-12(21)11-16-13(18-17-11)14(2,3)4/h10H,5-8H2,1-4H3,(H,15,21)(H,16,17,18). The Morgan fingerprint density at radius 2 is 1.90 bits per heavy atom. The number of carbonyl (C=O) groups is 2. The molecule has 2 rings (SSSR count). The summed E-state index contributed by atoms with van der Waals surface area (Å²) in [6.07, 6.45) is 1.53. The lowest BCUT2D eigenvalue weighted by Crippen LogP contribution is -2.46. The summed E-state index contributed by atoms with van der Waals surface area (Å²) in [5, 5.41) is 9.73. The fourth-order valence-corrected chi connectivity index (χ4v) is 2.29. The Kier molecular flexibility index (Phi) is 4.29. The van der Waals surface area contributed by atoms with E-state index < -0.39 is 0 Å². The number of aromatic amines is 1. The van der Waals surface area contributed by atoms with Gasteiger partial charge in [-0.15, -0.1) is 5.10 Å². The summed E-state index contributed by atoms with van der Waals surface area (Å²) in [4.78, 5) is 29.4. The van der Waals surface area contributed by atoms with Gasteiger partial charge in [0.15, 0.2) is 0 Å². The van der Waals surface area contributed by atoms with E-state index in [-0.39, 0.29) is 29.1 Å². The lowest BCUT2D eigenvalue weighted by molar-refractivity contribution is -0.129. The number of hydrogen-bond acceptors (Lipinski definition) is 4. The van der Waals surface area contributed by atoms with Gasteiger partial charge in [0.1, 0.15) is 5.82 Å². The first-order valence-electron chi connectivity index (χ1n) is 7.26. The van der Waals surface area contributed by atoms with E-state index in [0.29, 0.717) is 18.9 Å². The zero-order valence-corrected chi connectivity index (χ0v) is 13.1. The van der Waals surface area contributed by atoms with E-state index in [9.17, 15) is 9.59 Å². The molecule has 116 valence electrons. The van der Waals surface area contributed by atoms with Gasteiger partial charge in [-0.2, -0.15) is 0 Å². The van der Waals surface area contributed by atoms with Crippen LogP contribution in [0.1, 0.15) is 57.0 Å². The maximum atomic E-state index is 12.1. The van der Waals surface area contributed by atoms with Crippen LogP contribution in [0.5, 0.6) is 0 Å². The van der Waals surface area contributed by atoms with Gasteiger partial charge in [-0.25, -0.2) is 4.98 Å². The molecule has 1 aliphatic rings. The quantitative estimate of drug-likeness (QED) is 0.845. The molecule has 1 saturated heterocycles. The molecule has 1 fully saturated rings. The van der Waals surface area contributed by atoms with Crippen LogP contribution in [0, 0.1) is 0 Å². The van der Waals surface area contributed by atoms with Crippen LogP contribution in [0.2, 0.25) is 0 Å². The van der Waals surface area contributed by atoms with Gasteiger partial charge in [-0.05, 0) is 12.8 Å². The molecule has 21 heavy (non-hydrogen) atoms. The maximum Gasteiger partial charge on any atom is 0.291 e. The topological polar surface area (TPSA) is 91.0 Å². The highest BCUT2D eigenvalue weighted by Crippen LogP contribution is 2.17. The second-order valence-corrected chi connectivity index (χ2v) is 6.51. The number of likely N-dealkylation sites (tertiary alicyclic amines) is 1. The van der Waals surface area contributed by atoms with Crippen LogP contribution in [0.15, 0.2) is 0 Å². The van der Waals surface area contributed by atoms with Gasteiger partial charge in [0.25, 0.3) is 5.91 Å². The average molecular weight is 293 g/mol. The molecule has 1 aliphatic heterocycles. The first-order valence-corrected chi connectivity index (χ1v) is 7.26. The number of piperidine rings is 1. The summed E-state index contributed by atoms with van der Waals surface area (Å²) in [5.74, 6) is 0.694. The molecule has 0 aliphatic carbocycles. The third kappa shape index (κ3) is 3.80. The van der Waals surface area contributed by atoms with Crippen LogP contribution >= 0.6 is 0 Å². The van der Waals surface area contributed by atoms with E-state index in [4.69, 9.17) is 0 Å². The van der Waals surface area contributed by atoms with E-state index in [1.54, 1.807) is 11.8 Å². The minimum atomic E-state index is -0.261. The number of H-pyrrole nitrogens is 1. The minimum Gasteiger partial charge on any atom is -0.346 e. The molecule has 0 aromatic carbocycles. The van der Waals surface area contributed by atoms with E-state index in [0.717, 1.165) is 12.8 Å². The summed E-state index contributed by atoms with van der Waals surface area (Å²) in [6.45, 7) is 8.95. The highest BCUT2D eigenvalue weighted by atomic mass is 16.2. The highest BCUT2D eigenvalue weighted by Gasteiger charge is 2.25. The Morgan fingerprint density at radius 3 is 2.38 bits per heavy atom. The zero-order chi connectivity index (χ0) is 15.6. The van der Waals surface area contributed by atoms with Crippen molar-refractivity contribution >= 4 is 11.8 Å². The summed E-state index contributed by atoms with van der Waals surface area (Å²) >= 11 is 0. The van der Waals surface area contributed by atoms with Crippen molar-refractivity contribution in [2.24, 2.45) is 0 Å². The lowest BCUT2D eigenvalue weighted by atomic mass is 9.96. The maximum absolute atomic E-state index is 12.1. The molecule has 0 saturated carbocycles. The third-order valence-electron chi connectivity index (χ3n) is 3.67. The van der Waals surface area contributed by atoms with Gasteiger partial charge in [0, 0.05) is 31.5 Å². The van der Waals surface area contributed by atoms with Crippen molar-refractivity contribution in [2.45, 2.75) is 52.0 Å². The van der Waals surface area contributed by atoms with Crippen molar-refractivity contribution < 1.29 is 9.59 Å². The van der Waals surface area contributed by atoms with E-state index in [1.165, 1.54) is 0 Å². The number of nitrogens with one attached hydrogen (secondary N) is 2. The predicted molar refractivity (Wildman–Crippen MR) is 77.8 cm³/mol. The summed E-state index contributed by atoms with van der Waals surface area (Å²) < 4.78 is 0. The van der Waals surface area contributed by atoms with Crippen molar-refractivity contribution in [3.63, 3.8) is 0 Å². The largest absolute Gasteiger partial charge is 0.346 e. The fourth-order valence-electron chi connectivity index (χ4n) is 2.29. The number of carbonyl (C=O) groups excluding carboxylic acids is 2. The number of amides is 2. The normalized spacial score (nSPS) is 16.9. The summed E-state index contributed by atoms with van der Waals surface area (Å²) in [6, 6.07) is 0.0738. The predicted octanol–water partition coefficient (Wildman–Crippen LogP) is 0.843. The first kappa shape index (κ1) is 15.5. The van der Waals surface area contributed by atoms with Gasteiger partial charge in [0.2, 0.25) is 11.7 Å². The lowest BCUT2D eigenvalue weighted by Gasteiger charge is -2.31. The number of hydrogen-bond donors (Lipinski definition) is 2. The average Bonchev–Trinajstić information content (AvgIpc) is 2.88. The van der Waals surface area contributed by atoms with Crippen LogP contribution in [0.4, 0.5) is 0 Å². The minimum absolute atomic E-state index is 0.0738. The second-order valence-electron chi connectivity index (χ2n) is 6.51. The molecule has 2 heterocycles. The molecule has 0 radical (unpaired) electrons. The highest BCUT2D eigenvalue weighted by molar-refractivity contribution is 5.90. The van der Waals surface area contributed by atoms with Crippen molar-refractivity contribution in [3.8, 4) is 0 Å². The Balaban J connectivity index is 1.91. The fraction of sp³-hybridized carbons (Fsp3) is 0.714. The van der Waals surface area contributed by atoms with Gasteiger partial charge in [0.05, 0.1) is 0 Å². The van der Waals surface area contributed by atoms with Crippen molar-refractivity contribution in [1.82, 2.24) is 25.4 Å². The molecule has 0 bridgehead atoms. The molecular weight excluding hydrogens is 270 g/mol. The van der Waals surface area contributed by atoms with Crippen LogP contribution in [-0.2, 0) is 10.2 Å². The molecule has 0 unspecified atom stereocenters. The first-order chi connectivity index (χ1) is 9.77. The Bertz CT molecular complexity index is 524. The van der Waals surface area contributed by atoms with Crippen LogP contribution in [0.25, 0.3) is 0 Å².